The predicted octanol–water partition coefficient (Wildman–Crippen LogP) is 1.32. The molecule has 15 heavy (non-hydrogen) atoms. The Labute approximate surface area is 89.5 Å². The van der Waals surface area contributed by atoms with Crippen LogP contribution in [-0.2, 0) is 16.0 Å². The molecule has 80 valence electrons. The first-order valence-electron chi connectivity index (χ1n) is 5.09. The van der Waals surface area contributed by atoms with Gasteiger partial charge >= 0.3 is 0 Å². The Morgan fingerprint density at radius 3 is 2.47 bits per heavy atom. The Morgan fingerprint density at radius 1 is 1.20 bits per heavy atom. The van der Waals surface area contributed by atoms with Crippen molar-refractivity contribution in [2.75, 3.05) is 6.54 Å². The van der Waals surface area contributed by atoms with Crippen molar-refractivity contribution in [3.63, 3.8) is 0 Å². The molecule has 0 aliphatic heterocycles. The summed E-state index contributed by atoms with van der Waals surface area (Å²) in [6.07, 6.45) is 1.01. The molecule has 0 unspecified atom stereocenters. The highest BCUT2D eigenvalue weighted by Crippen LogP contribution is 1.98. The molecule has 1 rings (SSSR count). The van der Waals surface area contributed by atoms with E-state index in [9.17, 15) is 9.59 Å². The summed E-state index contributed by atoms with van der Waals surface area (Å²) in [5.41, 5.74) is 1.15. The number of hydrogen-bond donors (Lipinski definition) is 1. The van der Waals surface area contributed by atoms with Gasteiger partial charge in [-0.05, 0) is 12.0 Å². The molecule has 0 heterocycles. The second-order valence-corrected chi connectivity index (χ2v) is 3.27. The average Bonchev–Trinajstić information content (AvgIpc) is 2.29. The maximum atomic E-state index is 11.1. The van der Waals surface area contributed by atoms with E-state index in [1.165, 1.54) is 0 Å². The zero-order valence-electron chi connectivity index (χ0n) is 8.82. The lowest BCUT2D eigenvalue weighted by atomic mass is 10.1. The van der Waals surface area contributed by atoms with E-state index in [1.807, 2.05) is 30.3 Å². The third-order valence-electron chi connectivity index (χ3n) is 2.12. The fraction of sp³-hybridized carbons (Fsp3) is 0.333. The first kappa shape index (κ1) is 11.4. The topological polar surface area (TPSA) is 46.2 Å². The third-order valence-corrected chi connectivity index (χ3v) is 2.12. The van der Waals surface area contributed by atoms with Crippen LogP contribution in [0, 0.1) is 0 Å². The van der Waals surface area contributed by atoms with E-state index in [2.05, 4.69) is 5.32 Å². The highest BCUT2D eigenvalue weighted by atomic mass is 16.2. The summed E-state index contributed by atoms with van der Waals surface area (Å²) in [5, 5.41) is 2.59. The van der Waals surface area contributed by atoms with Gasteiger partial charge in [0.2, 0.25) is 5.78 Å². The Kier molecular flexibility index (Phi) is 4.54. The maximum Gasteiger partial charge on any atom is 0.287 e. The number of carbonyl (C=O) groups is 2. The average molecular weight is 205 g/mol. The second kappa shape index (κ2) is 5.96. The number of ketones is 1. The van der Waals surface area contributed by atoms with Crippen LogP contribution in [0.3, 0.4) is 0 Å². The van der Waals surface area contributed by atoms with Crippen molar-refractivity contribution in [1.29, 1.82) is 0 Å². The molecule has 0 radical (unpaired) electrons. The summed E-state index contributed by atoms with van der Waals surface area (Å²) >= 11 is 0. The predicted molar refractivity (Wildman–Crippen MR) is 58.5 cm³/mol. The molecular weight excluding hydrogens is 190 g/mol. The van der Waals surface area contributed by atoms with E-state index in [0.29, 0.717) is 6.54 Å². The minimum absolute atomic E-state index is 0.261. The van der Waals surface area contributed by atoms with Crippen molar-refractivity contribution in [2.24, 2.45) is 0 Å². The van der Waals surface area contributed by atoms with Crippen LogP contribution in [0.1, 0.15) is 18.9 Å². The third kappa shape index (κ3) is 3.94. The normalized spacial score (nSPS) is 9.67. The van der Waals surface area contributed by atoms with Gasteiger partial charge in [-0.25, -0.2) is 0 Å². The molecule has 0 saturated carbocycles. The fourth-order valence-corrected chi connectivity index (χ4v) is 1.22. The first-order valence-corrected chi connectivity index (χ1v) is 5.09. The highest BCUT2D eigenvalue weighted by molar-refractivity contribution is 6.36. The molecule has 1 N–H and O–H groups in total. The van der Waals surface area contributed by atoms with Crippen LogP contribution in [0.5, 0.6) is 0 Å². The van der Waals surface area contributed by atoms with E-state index in [1.54, 1.807) is 6.92 Å². The van der Waals surface area contributed by atoms with Gasteiger partial charge in [0.1, 0.15) is 0 Å². The maximum absolute atomic E-state index is 11.1. The Balaban J connectivity index is 2.28. The van der Waals surface area contributed by atoms with Crippen LogP contribution < -0.4 is 5.32 Å². The fourth-order valence-electron chi connectivity index (χ4n) is 1.22. The van der Waals surface area contributed by atoms with Gasteiger partial charge in [-0.1, -0.05) is 37.3 Å². The summed E-state index contributed by atoms with van der Waals surface area (Å²) in [5.74, 6) is -0.837. The molecule has 1 amide bonds. The Morgan fingerprint density at radius 2 is 1.87 bits per heavy atom. The largest absolute Gasteiger partial charge is 0.349 e. The number of nitrogens with one attached hydrogen (secondary N) is 1. The van der Waals surface area contributed by atoms with E-state index in [-0.39, 0.29) is 12.2 Å². The van der Waals surface area contributed by atoms with Gasteiger partial charge in [0.05, 0.1) is 0 Å². The van der Waals surface area contributed by atoms with Gasteiger partial charge < -0.3 is 5.32 Å². The van der Waals surface area contributed by atoms with Gasteiger partial charge in [0, 0.05) is 13.0 Å². The number of hydrogen-bond acceptors (Lipinski definition) is 2. The summed E-state index contributed by atoms with van der Waals surface area (Å²) in [6, 6.07) is 9.84. The second-order valence-electron chi connectivity index (χ2n) is 3.27. The number of benzene rings is 1. The van der Waals surface area contributed by atoms with Crippen LogP contribution >= 0.6 is 0 Å². The first-order chi connectivity index (χ1) is 7.24. The van der Waals surface area contributed by atoms with Gasteiger partial charge in [-0.2, -0.15) is 0 Å². The van der Waals surface area contributed by atoms with Crippen molar-refractivity contribution in [3.05, 3.63) is 35.9 Å². The molecule has 0 saturated heterocycles. The van der Waals surface area contributed by atoms with Crippen molar-refractivity contribution in [2.45, 2.75) is 19.8 Å². The lowest BCUT2D eigenvalue weighted by molar-refractivity contribution is -0.137. The molecular formula is C12H15NO2. The molecule has 0 aromatic heterocycles. The molecule has 0 fully saturated rings. The molecule has 0 aliphatic rings. The summed E-state index contributed by atoms with van der Waals surface area (Å²) in [6.45, 7) is 2.19. The van der Waals surface area contributed by atoms with Gasteiger partial charge in [0.25, 0.3) is 5.91 Å². The van der Waals surface area contributed by atoms with Crippen molar-refractivity contribution >= 4 is 11.7 Å². The SMILES string of the molecule is CCC(=O)C(=O)NCCc1ccccc1. The standard InChI is InChI=1S/C12H15NO2/c1-2-11(14)12(15)13-9-8-10-6-4-3-5-7-10/h3-7H,2,8-9H2,1H3,(H,13,15). The molecule has 0 aliphatic carbocycles. The van der Waals surface area contributed by atoms with Crippen molar-refractivity contribution in [3.8, 4) is 0 Å². The Hall–Kier alpha value is -1.64. The monoisotopic (exact) mass is 205 g/mol. The van der Waals surface area contributed by atoms with Gasteiger partial charge in [-0.3, -0.25) is 9.59 Å². The van der Waals surface area contributed by atoms with E-state index in [0.717, 1.165) is 12.0 Å². The van der Waals surface area contributed by atoms with Crippen LogP contribution in [0.4, 0.5) is 0 Å². The van der Waals surface area contributed by atoms with Crippen LogP contribution in [0.25, 0.3) is 0 Å². The number of rotatable bonds is 5. The molecule has 1 aromatic rings. The van der Waals surface area contributed by atoms with Crippen LogP contribution in [0.2, 0.25) is 0 Å². The van der Waals surface area contributed by atoms with Crippen LogP contribution in [0.15, 0.2) is 30.3 Å². The smallest absolute Gasteiger partial charge is 0.287 e. The van der Waals surface area contributed by atoms with Gasteiger partial charge in [-0.15, -0.1) is 0 Å². The molecule has 3 nitrogen and oxygen atoms in total. The molecule has 1 aromatic carbocycles. The van der Waals surface area contributed by atoms with E-state index < -0.39 is 5.91 Å². The summed E-state index contributed by atoms with van der Waals surface area (Å²) in [7, 11) is 0. The summed E-state index contributed by atoms with van der Waals surface area (Å²) in [4.78, 5) is 22.0. The molecule has 0 spiro atoms. The highest BCUT2D eigenvalue weighted by Gasteiger charge is 2.08. The minimum atomic E-state index is -0.478. The van der Waals surface area contributed by atoms with Crippen LogP contribution in [-0.4, -0.2) is 18.2 Å². The minimum Gasteiger partial charge on any atom is -0.349 e. The molecule has 3 heteroatoms. The zero-order chi connectivity index (χ0) is 11.1. The summed E-state index contributed by atoms with van der Waals surface area (Å²) < 4.78 is 0. The van der Waals surface area contributed by atoms with Crippen molar-refractivity contribution < 1.29 is 9.59 Å². The van der Waals surface area contributed by atoms with Crippen molar-refractivity contribution in [1.82, 2.24) is 5.32 Å². The van der Waals surface area contributed by atoms with Gasteiger partial charge in [0.15, 0.2) is 0 Å². The van der Waals surface area contributed by atoms with E-state index in [4.69, 9.17) is 0 Å². The number of carbonyl (C=O) groups excluding carboxylic acids is 2. The lowest BCUT2D eigenvalue weighted by Gasteiger charge is -2.03. The number of amides is 1. The number of Topliss-reactive ketones (excluding diaryl/α,β-unsaturated/α-hetero) is 1. The molecule has 0 atom stereocenters. The zero-order valence-corrected chi connectivity index (χ0v) is 8.82. The molecule has 0 bridgehead atoms. The lowest BCUT2D eigenvalue weighted by Crippen LogP contribution is -2.32. The Bertz CT molecular complexity index is 333. The van der Waals surface area contributed by atoms with E-state index >= 15 is 0 Å². The quantitative estimate of drug-likeness (QED) is 0.737.